The predicted octanol–water partition coefficient (Wildman–Crippen LogP) is 4.84. The summed E-state index contributed by atoms with van der Waals surface area (Å²) in [6.45, 7) is 5.78. The van der Waals surface area contributed by atoms with Crippen LogP contribution in [-0.2, 0) is 6.54 Å². The van der Waals surface area contributed by atoms with Crippen LogP contribution < -0.4 is 9.80 Å². The maximum atomic E-state index is 6.32. The third-order valence-corrected chi connectivity index (χ3v) is 5.04. The lowest BCUT2D eigenvalue weighted by molar-refractivity contribution is 0.697. The van der Waals surface area contributed by atoms with Crippen LogP contribution in [0.4, 0.5) is 11.5 Å². The number of nitrogens with zero attached hydrogens (tertiary/aromatic N) is 3. The van der Waals surface area contributed by atoms with Crippen molar-refractivity contribution in [2.75, 3.05) is 29.4 Å². The van der Waals surface area contributed by atoms with E-state index in [1.165, 1.54) is 0 Å². The second-order valence-corrected chi connectivity index (χ2v) is 7.32. The number of fused-ring (bicyclic) bond motifs is 1. The Kier molecular flexibility index (Phi) is 5.00. The van der Waals surface area contributed by atoms with Gasteiger partial charge in [-0.1, -0.05) is 23.2 Å². The van der Waals surface area contributed by atoms with Gasteiger partial charge < -0.3 is 9.80 Å². The molecule has 0 bridgehead atoms. The summed E-state index contributed by atoms with van der Waals surface area (Å²) in [5, 5.41) is 1.47. The molecule has 22 heavy (non-hydrogen) atoms. The molecule has 0 unspecified atom stereocenters. The minimum Gasteiger partial charge on any atom is -0.362 e. The third kappa shape index (κ3) is 3.29. The molecule has 0 atom stereocenters. The number of halogens is 3. The average molecular weight is 448 g/mol. The molecular weight excluding hydrogens is 432 g/mol. The number of benzene rings is 1. The lowest BCUT2D eigenvalue weighted by Crippen LogP contribution is -2.41. The Hall–Kier alpha value is -0.720. The minimum absolute atomic E-state index is 0.715. The Morgan fingerprint density at radius 3 is 2.73 bits per heavy atom. The van der Waals surface area contributed by atoms with Gasteiger partial charge in [-0.05, 0) is 59.3 Å². The number of hydrogen-bond donors (Lipinski definition) is 0. The van der Waals surface area contributed by atoms with E-state index in [9.17, 15) is 0 Å². The fourth-order valence-electron chi connectivity index (χ4n) is 2.71. The Bertz CT molecular complexity index is 693. The molecule has 0 aliphatic carbocycles. The van der Waals surface area contributed by atoms with Crippen LogP contribution in [0.2, 0.25) is 10.0 Å². The highest BCUT2D eigenvalue weighted by atomic mass is 127. The largest absolute Gasteiger partial charge is 0.362 e. The van der Waals surface area contributed by atoms with E-state index in [0.717, 1.165) is 51.8 Å². The zero-order valence-corrected chi connectivity index (χ0v) is 15.9. The molecule has 0 fully saturated rings. The molecule has 0 radical (unpaired) electrons. The van der Waals surface area contributed by atoms with Crippen molar-refractivity contribution >= 4 is 57.3 Å². The van der Waals surface area contributed by atoms with Gasteiger partial charge in [-0.25, -0.2) is 4.98 Å². The number of pyridine rings is 1. The van der Waals surface area contributed by atoms with Crippen molar-refractivity contribution in [3.05, 3.63) is 49.6 Å². The summed E-state index contributed by atoms with van der Waals surface area (Å²) in [4.78, 5) is 9.26. The molecule has 2 aromatic rings. The third-order valence-electron chi connectivity index (χ3n) is 3.84. The lowest BCUT2D eigenvalue weighted by Gasteiger charge is -2.37. The molecule has 3 nitrogen and oxygen atoms in total. The topological polar surface area (TPSA) is 19.4 Å². The Morgan fingerprint density at radius 2 is 1.95 bits per heavy atom. The van der Waals surface area contributed by atoms with Crippen molar-refractivity contribution in [3.8, 4) is 0 Å². The van der Waals surface area contributed by atoms with Crippen molar-refractivity contribution in [2.24, 2.45) is 0 Å². The maximum absolute atomic E-state index is 6.32. The number of rotatable bonds is 3. The van der Waals surface area contributed by atoms with Gasteiger partial charge in [-0.15, -0.1) is 0 Å². The van der Waals surface area contributed by atoms with Crippen LogP contribution in [0, 0.1) is 3.57 Å². The van der Waals surface area contributed by atoms with E-state index in [1.54, 1.807) is 0 Å². The first-order valence-electron chi connectivity index (χ1n) is 7.18. The monoisotopic (exact) mass is 447 g/mol. The number of anilines is 2. The minimum atomic E-state index is 0.715. The second-order valence-electron chi connectivity index (χ2n) is 5.23. The van der Waals surface area contributed by atoms with E-state index in [2.05, 4.69) is 50.4 Å². The van der Waals surface area contributed by atoms with E-state index < -0.39 is 0 Å². The highest BCUT2D eigenvalue weighted by molar-refractivity contribution is 14.1. The van der Waals surface area contributed by atoms with Crippen LogP contribution in [0.1, 0.15) is 12.5 Å². The quantitative estimate of drug-likeness (QED) is 0.627. The fraction of sp³-hybridized carbons (Fsp3) is 0.312. The maximum Gasteiger partial charge on any atom is 0.152 e. The van der Waals surface area contributed by atoms with Crippen molar-refractivity contribution in [1.82, 2.24) is 4.98 Å². The molecule has 6 heteroatoms. The normalized spacial score (nSPS) is 14.2. The van der Waals surface area contributed by atoms with Crippen molar-refractivity contribution in [2.45, 2.75) is 13.5 Å². The van der Waals surface area contributed by atoms with Crippen molar-refractivity contribution in [1.29, 1.82) is 0 Å². The van der Waals surface area contributed by atoms with Gasteiger partial charge in [0, 0.05) is 46.0 Å². The van der Waals surface area contributed by atoms with Crippen LogP contribution in [-0.4, -0.2) is 24.6 Å². The molecule has 1 aliphatic rings. The standard InChI is InChI=1S/C16H16Cl2IN3/c1-2-21-5-6-22(15-8-13(19)9-20-16(15)21)10-11-7-12(17)3-4-14(11)18/h3-4,7-9H,2,5-6,10H2,1H3. The molecule has 0 N–H and O–H groups in total. The summed E-state index contributed by atoms with van der Waals surface area (Å²) in [6.07, 6.45) is 1.91. The Balaban J connectivity index is 1.95. The summed E-state index contributed by atoms with van der Waals surface area (Å²) in [7, 11) is 0. The van der Waals surface area contributed by atoms with Gasteiger partial charge >= 0.3 is 0 Å². The fourth-order valence-corrected chi connectivity index (χ4v) is 3.51. The van der Waals surface area contributed by atoms with Crippen molar-refractivity contribution < 1.29 is 0 Å². The molecule has 0 saturated heterocycles. The molecule has 0 amide bonds. The number of hydrogen-bond acceptors (Lipinski definition) is 3. The highest BCUT2D eigenvalue weighted by Crippen LogP contribution is 2.34. The smallest absolute Gasteiger partial charge is 0.152 e. The van der Waals surface area contributed by atoms with Gasteiger partial charge in [-0.3, -0.25) is 0 Å². The van der Waals surface area contributed by atoms with E-state index in [0.29, 0.717) is 5.02 Å². The second kappa shape index (κ2) is 6.81. The van der Waals surface area contributed by atoms with Gasteiger partial charge in [0.25, 0.3) is 0 Å². The molecule has 1 aromatic carbocycles. The molecule has 1 aliphatic heterocycles. The summed E-state index contributed by atoms with van der Waals surface area (Å²) in [5.74, 6) is 1.05. The lowest BCUT2D eigenvalue weighted by atomic mass is 10.1. The molecule has 0 saturated carbocycles. The molecular formula is C16H16Cl2IN3. The van der Waals surface area contributed by atoms with Gasteiger partial charge in [0.2, 0.25) is 0 Å². The molecule has 1 aromatic heterocycles. The summed E-state index contributed by atoms with van der Waals surface area (Å²) in [5.41, 5.74) is 2.21. The molecule has 0 spiro atoms. The van der Waals surface area contributed by atoms with Crippen LogP contribution in [0.15, 0.2) is 30.5 Å². The Labute approximate surface area is 154 Å². The molecule has 116 valence electrons. The van der Waals surface area contributed by atoms with Gasteiger partial charge in [0.1, 0.15) is 0 Å². The van der Waals surface area contributed by atoms with Gasteiger partial charge in [-0.2, -0.15) is 0 Å². The van der Waals surface area contributed by atoms with Crippen molar-refractivity contribution in [3.63, 3.8) is 0 Å². The number of likely N-dealkylation sites (N-methyl/N-ethyl adjacent to an activating group) is 1. The zero-order chi connectivity index (χ0) is 15.7. The first-order valence-corrected chi connectivity index (χ1v) is 9.01. The van der Waals surface area contributed by atoms with Crippen LogP contribution in [0.25, 0.3) is 0 Å². The van der Waals surface area contributed by atoms with Crippen LogP contribution in [0.5, 0.6) is 0 Å². The summed E-state index contributed by atoms with van der Waals surface area (Å²) in [6, 6.07) is 7.80. The summed E-state index contributed by atoms with van der Waals surface area (Å²) < 4.78 is 1.14. The van der Waals surface area contributed by atoms with E-state index in [4.69, 9.17) is 23.2 Å². The Morgan fingerprint density at radius 1 is 1.18 bits per heavy atom. The average Bonchev–Trinajstić information content (AvgIpc) is 2.51. The van der Waals surface area contributed by atoms with E-state index in [-0.39, 0.29) is 0 Å². The zero-order valence-electron chi connectivity index (χ0n) is 12.2. The van der Waals surface area contributed by atoms with Gasteiger partial charge in [0.15, 0.2) is 5.82 Å². The van der Waals surface area contributed by atoms with E-state index >= 15 is 0 Å². The SMILES string of the molecule is CCN1CCN(Cc2cc(Cl)ccc2Cl)c2cc(I)cnc21. The predicted molar refractivity (Wildman–Crippen MR) is 102 cm³/mol. The van der Waals surface area contributed by atoms with Crippen LogP contribution in [0.3, 0.4) is 0 Å². The number of aromatic nitrogens is 1. The van der Waals surface area contributed by atoms with E-state index in [1.807, 2.05) is 24.4 Å². The molecule has 3 rings (SSSR count). The molecule has 2 heterocycles. The van der Waals surface area contributed by atoms with Gasteiger partial charge in [0.05, 0.1) is 5.69 Å². The summed E-state index contributed by atoms with van der Waals surface area (Å²) >= 11 is 14.7. The van der Waals surface area contributed by atoms with Crippen LogP contribution >= 0.6 is 45.8 Å². The first-order chi connectivity index (χ1) is 10.6. The highest BCUT2D eigenvalue weighted by Gasteiger charge is 2.23. The first kappa shape index (κ1) is 16.1.